The lowest BCUT2D eigenvalue weighted by Gasteiger charge is -2.26. The number of nitrogens with one attached hydrogen (secondary N) is 2. The first-order chi connectivity index (χ1) is 15.9. The molecule has 2 heterocycles. The van der Waals surface area contributed by atoms with Gasteiger partial charge in [0.25, 0.3) is 5.91 Å². The molecule has 0 spiro atoms. The Morgan fingerprint density at radius 3 is 2.73 bits per heavy atom. The third-order valence-corrected chi connectivity index (χ3v) is 5.98. The predicted octanol–water partition coefficient (Wildman–Crippen LogP) is 3.81. The number of anilines is 4. The van der Waals surface area contributed by atoms with E-state index in [0.717, 1.165) is 30.8 Å². The SMILES string of the molecule is COC(C)c1ccccc1Nc1nc(Nc2cc3c(cc2Cl)CN(C)CC3)nnc1C(N)=O. The number of hydrogen-bond acceptors (Lipinski definition) is 8. The number of likely N-dealkylation sites (N-methyl/N-ethyl adjacent to an activating group) is 1. The van der Waals surface area contributed by atoms with Crippen LogP contribution in [0.25, 0.3) is 0 Å². The fourth-order valence-electron chi connectivity index (χ4n) is 3.79. The van der Waals surface area contributed by atoms with Crippen molar-refractivity contribution in [3.63, 3.8) is 0 Å². The summed E-state index contributed by atoms with van der Waals surface area (Å²) in [5, 5.41) is 14.9. The Labute approximate surface area is 197 Å². The van der Waals surface area contributed by atoms with E-state index in [0.29, 0.717) is 10.7 Å². The third-order valence-electron chi connectivity index (χ3n) is 5.66. The number of rotatable bonds is 7. The van der Waals surface area contributed by atoms with Crippen LogP contribution in [0.5, 0.6) is 0 Å². The summed E-state index contributed by atoms with van der Waals surface area (Å²) in [6.07, 6.45) is 0.755. The molecule has 1 amide bonds. The van der Waals surface area contributed by atoms with E-state index in [2.05, 4.69) is 37.8 Å². The number of ether oxygens (including phenoxy) is 1. The van der Waals surface area contributed by atoms with Gasteiger partial charge in [-0.1, -0.05) is 29.8 Å². The zero-order valence-corrected chi connectivity index (χ0v) is 19.5. The van der Waals surface area contributed by atoms with E-state index in [1.807, 2.05) is 43.3 Å². The normalized spacial score (nSPS) is 14.4. The number of hydrogen-bond donors (Lipinski definition) is 3. The van der Waals surface area contributed by atoms with E-state index in [1.54, 1.807) is 7.11 Å². The molecule has 0 bridgehead atoms. The number of halogens is 1. The number of primary amides is 1. The highest BCUT2D eigenvalue weighted by molar-refractivity contribution is 6.33. The zero-order valence-electron chi connectivity index (χ0n) is 18.7. The van der Waals surface area contributed by atoms with Gasteiger partial charge < -0.3 is 26.0 Å². The molecule has 0 aliphatic carbocycles. The van der Waals surface area contributed by atoms with E-state index >= 15 is 0 Å². The number of amides is 1. The topological polar surface area (TPSA) is 118 Å². The molecule has 1 atom stereocenters. The van der Waals surface area contributed by atoms with Crippen molar-refractivity contribution in [3.8, 4) is 0 Å². The molecule has 1 unspecified atom stereocenters. The van der Waals surface area contributed by atoms with Crippen LogP contribution >= 0.6 is 11.6 Å². The van der Waals surface area contributed by atoms with Crippen LogP contribution in [0.1, 0.15) is 40.2 Å². The van der Waals surface area contributed by atoms with Crippen molar-refractivity contribution in [3.05, 3.63) is 63.8 Å². The van der Waals surface area contributed by atoms with Crippen LogP contribution in [0.3, 0.4) is 0 Å². The van der Waals surface area contributed by atoms with Crippen LogP contribution in [0.15, 0.2) is 36.4 Å². The molecular formula is C23H26ClN7O2. The Hall–Kier alpha value is -3.27. The Morgan fingerprint density at radius 2 is 1.97 bits per heavy atom. The van der Waals surface area contributed by atoms with Gasteiger partial charge >= 0.3 is 0 Å². The average Bonchev–Trinajstić information content (AvgIpc) is 2.79. The molecule has 172 valence electrons. The van der Waals surface area contributed by atoms with Crippen LogP contribution in [0, 0.1) is 0 Å². The monoisotopic (exact) mass is 467 g/mol. The molecule has 4 rings (SSSR count). The molecule has 1 aliphatic rings. The van der Waals surface area contributed by atoms with Gasteiger partial charge in [-0.3, -0.25) is 4.79 Å². The van der Waals surface area contributed by atoms with Gasteiger partial charge in [-0.2, -0.15) is 4.98 Å². The standard InChI is InChI=1S/C23H26ClN7O2/c1-13(33-3)16-6-4-5-7-18(16)26-22-20(21(25)32)29-30-23(28-22)27-19-11-14-8-9-31(2)12-15(14)10-17(19)24/h4-7,10-11,13H,8-9,12H2,1-3H3,(H2,25,32)(H2,26,27,28,30). The first kappa shape index (κ1) is 22.9. The molecule has 0 saturated heterocycles. The highest BCUT2D eigenvalue weighted by atomic mass is 35.5. The predicted molar refractivity (Wildman–Crippen MR) is 128 cm³/mol. The number of aromatic nitrogens is 3. The van der Waals surface area contributed by atoms with Crippen LogP contribution in [-0.2, 0) is 17.7 Å². The van der Waals surface area contributed by atoms with Gasteiger partial charge in [0.15, 0.2) is 11.5 Å². The second-order valence-electron chi connectivity index (χ2n) is 8.00. The van der Waals surface area contributed by atoms with Crippen LogP contribution in [0.4, 0.5) is 23.1 Å². The van der Waals surface area contributed by atoms with Gasteiger partial charge in [-0.05, 0) is 49.7 Å². The third kappa shape index (κ3) is 5.05. The molecule has 1 aromatic heterocycles. The second kappa shape index (κ2) is 9.70. The largest absolute Gasteiger partial charge is 0.377 e. The van der Waals surface area contributed by atoms with Gasteiger partial charge in [-0.15, -0.1) is 10.2 Å². The first-order valence-corrected chi connectivity index (χ1v) is 10.9. The van der Waals surface area contributed by atoms with Crippen molar-refractivity contribution in [1.82, 2.24) is 20.1 Å². The number of nitrogens with zero attached hydrogens (tertiary/aromatic N) is 4. The number of carbonyl (C=O) groups is 1. The quantitative estimate of drug-likeness (QED) is 0.480. The molecule has 10 heteroatoms. The van der Waals surface area contributed by atoms with Gasteiger partial charge in [-0.25, -0.2) is 0 Å². The average molecular weight is 468 g/mol. The lowest BCUT2D eigenvalue weighted by molar-refractivity contribution is 0.0995. The van der Waals surface area contributed by atoms with E-state index in [-0.39, 0.29) is 23.6 Å². The molecule has 9 nitrogen and oxygen atoms in total. The van der Waals surface area contributed by atoms with E-state index < -0.39 is 5.91 Å². The van der Waals surface area contributed by atoms with E-state index in [9.17, 15) is 4.79 Å². The van der Waals surface area contributed by atoms with Crippen LogP contribution in [-0.4, -0.2) is 46.7 Å². The Balaban J connectivity index is 1.66. The summed E-state index contributed by atoms with van der Waals surface area (Å²) in [5.74, 6) is -0.363. The van der Waals surface area contributed by atoms with Gasteiger partial charge in [0.1, 0.15) is 0 Å². The minimum Gasteiger partial charge on any atom is -0.377 e. The van der Waals surface area contributed by atoms with Gasteiger partial charge in [0, 0.05) is 31.5 Å². The fraction of sp³-hybridized carbons (Fsp3) is 0.304. The van der Waals surface area contributed by atoms with Gasteiger partial charge in [0.05, 0.1) is 16.8 Å². The minimum absolute atomic E-state index is 0.0694. The molecule has 0 saturated carbocycles. The summed E-state index contributed by atoms with van der Waals surface area (Å²) in [4.78, 5) is 18.7. The molecule has 0 fully saturated rings. The van der Waals surface area contributed by atoms with Crippen molar-refractivity contribution in [2.24, 2.45) is 5.73 Å². The van der Waals surface area contributed by atoms with Crippen molar-refractivity contribution >= 4 is 40.6 Å². The molecule has 1 aliphatic heterocycles. The molecule has 0 radical (unpaired) electrons. The van der Waals surface area contributed by atoms with E-state index in [4.69, 9.17) is 22.1 Å². The Bertz CT molecular complexity index is 1190. The maximum Gasteiger partial charge on any atom is 0.273 e. The zero-order chi connectivity index (χ0) is 23.5. The Morgan fingerprint density at radius 1 is 1.18 bits per heavy atom. The highest BCUT2D eigenvalue weighted by Crippen LogP contribution is 2.32. The first-order valence-electron chi connectivity index (χ1n) is 10.6. The van der Waals surface area contributed by atoms with Crippen LogP contribution in [0.2, 0.25) is 5.02 Å². The molecular weight excluding hydrogens is 442 g/mol. The summed E-state index contributed by atoms with van der Waals surface area (Å²) in [6, 6.07) is 11.5. The number of fused-ring (bicyclic) bond motifs is 1. The maximum atomic E-state index is 12.0. The number of carbonyl (C=O) groups excluding carboxylic acids is 1. The number of benzene rings is 2. The van der Waals surface area contributed by atoms with Crippen molar-refractivity contribution in [2.45, 2.75) is 26.0 Å². The van der Waals surface area contributed by atoms with Crippen LogP contribution < -0.4 is 16.4 Å². The lowest BCUT2D eigenvalue weighted by Crippen LogP contribution is -2.26. The summed E-state index contributed by atoms with van der Waals surface area (Å²) in [5.41, 5.74) is 10.2. The van der Waals surface area contributed by atoms with Crippen molar-refractivity contribution in [2.75, 3.05) is 31.3 Å². The second-order valence-corrected chi connectivity index (χ2v) is 8.41. The lowest BCUT2D eigenvalue weighted by atomic mass is 9.99. The number of para-hydroxylation sites is 1. The molecule has 3 aromatic rings. The summed E-state index contributed by atoms with van der Waals surface area (Å²) >= 11 is 6.52. The number of methoxy groups -OCH3 is 1. The Kier molecular flexibility index (Phi) is 6.73. The number of nitrogens with two attached hydrogens (primary N) is 1. The smallest absolute Gasteiger partial charge is 0.273 e. The summed E-state index contributed by atoms with van der Waals surface area (Å²) in [6.45, 7) is 3.76. The molecule has 33 heavy (non-hydrogen) atoms. The van der Waals surface area contributed by atoms with Gasteiger partial charge in [0.2, 0.25) is 5.95 Å². The van der Waals surface area contributed by atoms with Crippen molar-refractivity contribution < 1.29 is 9.53 Å². The van der Waals surface area contributed by atoms with Crippen molar-refractivity contribution in [1.29, 1.82) is 0 Å². The maximum absolute atomic E-state index is 12.0. The molecule has 4 N–H and O–H groups in total. The summed E-state index contributed by atoms with van der Waals surface area (Å²) < 4.78 is 5.45. The van der Waals surface area contributed by atoms with E-state index in [1.165, 1.54) is 11.1 Å². The summed E-state index contributed by atoms with van der Waals surface area (Å²) in [7, 11) is 3.72. The molecule has 2 aromatic carbocycles. The fourth-order valence-corrected chi connectivity index (χ4v) is 4.02. The minimum atomic E-state index is -0.739. The highest BCUT2D eigenvalue weighted by Gasteiger charge is 2.19.